The third-order valence-corrected chi connectivity index (χ3v) is 11.2. The third-order valence-electron chi connectivity index (χ3n) is 11.2. The quantitative estimate of drug-likeness (QED) is 0.0979. The van der Waals surface area contributed by atoms with Crippen LogP contribution < -0.4 is 10.6 Å². The van der Waals surface area contributed by atoms with Gasteiger partial charge in [0.1, 0.15) is 23.7 Å². The normalized spacial score (nSPS) is 18.0. The minimum atomic E-state index is -0.702. The molecule has 3 aromatic heterocycles. The van der Waals surface area contributed by atoms with Crippen molar-refractivity contribution in [1.82, 2.24) is 45.4 Å². The molecule has 4 amide bonds. The lowest BCUT2D eigenvalue weighted by Gasteiger charge is -2.30. The minimum absolute atomic E-state index is 0.111. The first kappa shape index (κ1) is 39.1. The van der Waals surface area contributed by atoms with Gasteiger partial charge in [-0.05, 0) is 60.3 Å². The summed E-state index contributed by atoms with van der Waals surface area (Å²) in [5.41, 5.74) is 6.69. The molecule has 57 heavy (non-hydrogen) atoms. The van der Waals surface area contributed by atoms with Crippen LogP contribution in [0.2, 0.25) is 0 Å². The van der Waals surface area contributed by atoms with E-state index in [1.807, 2.05) is 49.9 Å². The number of benzene rings is 2. The Kier molecular flexibility index (Phi) is 11.4. The smallest absolute Gasteiger partial charge is 0.407 e. The van der Waals surface area contributed by atoms with E-state index in [2.05, 4.69) is 68.1 Å². The van der Waals surface area contributed by atoms with Crippen LogP contribution >= 0.6 is 0 Å². The monoisotopic (exact) mass is 777 g/mol. The van der Waals surface area contributed by atoms with Crippen LogP contribution in [-0.4, -0.2) is 98.1 Å². The first-order valence-corrected chi connectivity index (χ1v) is 19.6. The van der Waals surface area contributed by atoms with Crippen molar-refractivity contribution in [3.63, 3.8) is 0 Å². The number of hydrogen-bond donors (Lipinski definition) is 5. The van der Waals surface area contributed by atoms with Crippen molar-refractivity contribution in [3.8, 4) is 33.6 Å². The van der Waals surface area contributed by atoms with Gasteiger partial charge in [0, 0.05) is 30.2 Å². The largest absolute Gasteiger partial charge is 0.453 e. The van der Waals surface area contributed by atoms with Crippen LogP contribution in [0.4, 0.5) is 9.59 Å². The van der Waals surface area contributed by atoms with Crippen molar-refractivity contribution in [2.45, 2.75) is 77.5 Å². The zero-order valence-electron chi connectivity index (χ0n) is 33.2. The van der Waals surface area contributed by atoms with Crippen LogP contribution in [-0.2, 0) is 19.1 Å². The van der Waals surface area contributed by atoms with Crippen LogP contribution in [0.5, 0.6) is 0 Å². The van der Waals surface area contributed by atoms with Crippen LogP contribution in [0.3, 0.4) is 0 Å². The van der Waals surface area contributed by atoms with Crippen molar-refractivity contribution in [1.29, 1.82) is 0 Å². The maximum atomic E-state index is 13.7. The molecule has 0 radical (unpaired) electrons. The number of carbonyl (C=O) groups excluding carboxylic acids is 4. The zero-order valence-corrected chi connectivity index (χ0v) is 33.2. The summed E-state index contributed by atoms with van der Waals surface area (Å²) in [5, 5.41) is 6.46. The molecule has 0 saturated carbocycles. The Morgan fingerprint density at radius 3 is 1.70 bits per heavy atom. The van der Waals surface area contributed by atoms with E-state index in [1.54, 1.807) is 6.20 Å². The molecule has 15 nitrogen and oxygen atoms in total. The summed E-state index contributed by atoms with van der Waals surface area (Å²) < 4.78 is 9.54. The minimum Gasteiger partial charge on any atom is -0.453 e. The molecule has 2 aromatic carbocycles. The molecule has 2 saturated heterocycles. The first-order chi connectivity index (χ1) is 27.5. The van der Waals surface area contributed by atoms with E-state index in [4.69, 9.17) is 19.4 Å². The van der Waals surface area contributed by atoms with Gasteiger partial charge >= 0.3 is 12.2 Å². The first-order valence-electron chi connectivity index (χ1n) is 19.6. The highest BCUT2D eigenvalue weighted by atomic mass is 16.5. The molecule has 300 valence electrons. The van der Waals surface area contributed by atoms with Crippen LogP contribution in [0, 0.1) is 11.8 Å². The second-order valence-electron chi connectivity index (χ2n) is 15.5. The fourth-order valence-corrected chi connectivity index (χ4v) is 8.14. The molecule has 5 N–H and O–H groups in total. The van der Waals surface area contributed by atoms with Crippen LogP contribution in [0.15, 0.2) is 61.1 Å². The maximum absolute atomic E-state index is 13.7. The SMILES string of the molecule is COC(=O)NC(C(=O)N1CCCC1c1ncc(-c2ccc(-c3ccc(-c4cnc(C5CCCN5C(=O)C(NC(=O)OC)C(C)C)[nH]4)c4[nH]ccc34)cc2)[nH]1)C(C)C. The Balaban J connectivity index is 1.07. The van der Waals surface area contributed by atoms with E-state index in [0.29, 0.717) is 18.9 Å². The van der Waals surface area contributed by atoms with Crippen molar-refractivity contribution in [3.05, 3.63) is 72.7 Å². The van der Waals surface area contributed by atoms with Gasteiger partial charge in [-0.25, -0.2) is 19.6 Å². The lowest BCUT2D eigenvalue weighted by molar-refractivity contribution is -0.136. The molecule has 4 unspecified atom stereocenters. The summed E-state index contributed by atoms with van der Waals surface area (Å²) in [6, 6.07) is 12.7. The number of hydrogen-bond acceptors (Lipinski definition) is 8. The Labute approximate surface area is 331 Å². The number of amides is 4. The summed E-state index contributed by atoms with van der Waals surface area (Å²) in [7, 11) is 2.58. The average Bonchev–Trinajstić information content (AvgIpc) is 4.07. The molecule has 5 aromatic rings. The molecule has 0 aliphatic carbocycles. The van der Waals surface area contributed by atoms with E-state index in [9.17, 15) is 19.2 Å². The number of aromatic nitrogens is 5. The molecule has 0 spiro atoms. The van der Waals surface area contributed by atoms with Gasteiger partial charge in [-0.15, -0.1) is 0 Å². The van der Waals surface area contributed by atoms with Gasteiger partial charge in [0.05, 0.1) is 55.6 Å². The Morgan fingerprint density at radius 2 is 1.18 bits per heavy atom. The number of methoxy groups -OCH3 is 2. The maximum Gasteiger partial charge on any atom is 0.407 e. The lowest BCUT2D eigenvalue weighted by atomic mass is 9.97. The number of nitrogens with one attached hydrogen (secondary N) is 5. The van der Waals surface area contributed by atoms with Crippen molar-refractivity contribution < 1.29 is 28.7 Å². The molecular formula is C42H51N9O6. The van der Waals surface area contributed by atoms with E-state index < -0.39 is 24.3 Å². The predicted molar refractivity (Wildman–Crippen MR) is 215 cm³/mol. The second kappa shape index (κ2) is 16.5. The highest BCUT2D eigenvalue weighted by Gasteiger charge is 2.39. The molecule has 5 heterocycles. The Hall–Kier alpha value is -6.12. The summed E-state index contributed by atoms with van der Waals surface area (Å²) in [5.74, 6) is 0.905. The summed E-state index contributed by atoms with van der Waals surface area (Å²) in [4.78, 5) is 74.7. The number of alkyl carbamates (subject to hydrolysis) is 2. The van der Waals surface area contributed by atoms with Gasteiger partial charge in [-0.2, -0.15) is 0 Å². The van der Waals surface area contributed by atoms with E-state index in [0.717, 1.165) is 76.1 Å². The second-order valence-corrected chi connectivity index (χ2v) is 15.5. The Morgan fingerprint density at radius 1 is 0.684 bits per heavy atom. The molecule has 2 fully saturated rings. The van der Waals surface area contributed by atoms with Gasteiger partial charge in [0.2, 0.25) is 11.8 Å². The van der Waals surface area contributed by atoms with Crippen LogP contribution in [0.25, 0.3) is 44.5 Å². The number of rotatable bonds is 11. The fourth-order valence-electron chi connectivity index (χ4n) is 8.14. The number of imidazole rings is 2. The summed E-state index contributed by atoms with van der Waals surface area (Å²) >= 11 is 0. The van der Waals surface area contributed by atoms with Crippen molar-refractivity contribution >= 4 is 34.9 Å². The molecular weight excluding hydrogens is 727 g/mol. The average molecular weight is 778 g/mol. The number of H-pyrrole nitrogens is 3. The van der Waals surface area contributed by atoms with Crippen LogP contribution in [0.1, 0.15) is 77.1 Å². The van der Waals surface area contributed by atoms with E-state index in [1.165, 1.54) is 14.2 Å². The molecule has 7 rings (SSSR count). The van der Waals surface area contributed by atoms with Gasteiger partial charge in [0.15, 0.2) is 0 Å². The van der Waals surface area contributed by atoms with Crippen molar-refractivity contribution in [2.24, 2.45) is 11.8 Å². The number of likely N-dealkylation sites (tertiary alicyclic amines) is 2. The third kappa shape index (κ3) is 7.83. The number of carbonyl (C=O) groups is 4. The number of ether oxygens (including phenoxy) is 2. The standard InChI is InChI=1S/C42H51N9O6/c1-23(2)34(48-41(54)56-5)39(52)50-19-7-9-32(50)37-44-21-30(46-37)26-13-11-25(12-14-26)27-15-16-29(36-28(27)17-18-43-36)31-22-45-38(47-31)33-10-8-20-51(33)40(53)35(24(3)4)49-42(55)57-6/h11-18,21-24,32-35,43H,7-10,19-20H2,1-6H3,(H,44,46)(H,45,47)(H,48,54)(H,49,55). The molecule has 0 bridgehead atoms. The number of fused-ring (bicyclic) bond motifs is 1. The lowest BCUT2D eigenvalue weighted by Crippen LogP contribution is -2.51. The molecule has 2 aliphatic heterocycles. The summed E-state index contributed by atoms with van der Waals surface area (Å²) in [6.07, 6.45) is 7.51. The van der Waals surface area contributed by atoms with E-state index in [-0.39, 0.29) is 35.7 Å². The topological polar surface area (TPSA) is 190 Å². The summed E-state index contributed by atoms with van der Waals surface area (Å²) in [6.45, 7) is 8.77. The molecule has 2 aliphatic rings. The van der Waals surface area contributed by atoms with Gasteiger partial charge in [0.25, 0.3) is 0 Å². The highest BCUT2D eigenvalue weighted by molar-refractivity contribution is 6.02. The number of aromatic amines is 3. The van der Waals surface area contributed by atoms with Gasteiger partial charge in [-0.3, -0.25) is 9.59 Å². The van der Waals surface area contributed by atoms with Gasteiger partial charge in [-0.1, -0.05) is 64.1 Å². The molecule has 15 heteroatoms. The molecule has 4 atom stereocenters. The zero-order chi connectivity index (χ0) is 40.4. The fraction of sp³-hybridized carbons (Fsp3) is 0.429. The predicted octanol–water partition coefficient (Wildman–Crippen LogP) is 6.70. The Bertz CT molecular complexity index is 2240. The van der Waals surface area contributed by atoms with Crippen molar-refractivity contribution in [2.75, 3.05) is 27.3 Å². The number of nitrogens with zero attached hydrogens (tertiary/aromatic N) is 4. The van der Waals surface area contributed by atoms with E-state index >= 15 is 0 Å². The van der Waals surface area contributed by atoms with Gasteiger partial charge < -0.3 is 44.9 Å². The highest BCUT2D eigenvalue weighted by Crippen LogP contribution is 2.38.